The summed E-state index contributed by atoms with van der Waals surface area (Å²) in [5.74, 6) is 0.512. The second-order valence-corrected chi connectivity index (χ2v) is 7.56. The number of halogens is 3. The molecule has 118 valence electrons. The molecule has 2 atom stereocenters. The molecule has 4 heteroatoms. The van der Waals surface area contributed by atoms with Gasteiger partial charge in [-0.3, -0.25) is 0 Å². The minimum atomic E-state index is -0.243. The van der Waals surface area contributed by atoms with E-state index in [-0.39, 0.29) is 16.8 Å². The number of benzene rings is 1. The topological polar surface area (TPSA) is 12.0 Å². The fourth-order valence-corrected chi connectivity index (χ4v) is 3.73. The maximum absolute atomic E-state index is 14.6. The van der Waals surface area contributed by atoms with E-state index >= 15 is 0 Å². The summed E-state index contributed by atoms with van der Waals surface area (Å²) < 4.78 is 15.2. The van der Waals surface area contributed by atoms with Crippen LogP contribution in [-0.4, -0.2) is 12.6 Å². The van der Waals surface area contributed by atoms with Crippen molar-refractivity contribution in [1.29, 1.82) is 0 Å². The summed E-state index contributed by atoms with van der Waals surface area (Å²) in [7, 11) is 0. The SMILES string of the molecule is CC(C)NCC1CCCCCC1c1ccc(Br)c(Cl)c1F. The Morgan fingerprint density at radius 2 is 2.00 bits per heavy atom. The van der Waals surface area contributed by atoms with Crippen LogP contribution in [0.25, 0.3) is 0 Å². The van der Waals surface area contributed by atoms with E-state index in [9.17, 15) is 4.39 Å². The quantitative estimate of drug-likeness (QED) is 0.509. The summed E-state index contributed by atoms with van der Waals surface area (Å²) in [6, 6.07) is 4.25. The van der Waals surface area contributed by atoms with Crippen LogP contribution in [0.1, 0.15) is 57.4 Å². The molecule has 0 saturated heterocycles. The van der Waals surface area contributed by atoms with Gasteiger partial charge >= 0.3 is 0 Å². The van der Waals surface area contributed by atoms with Gasteiger partial charge in [0.15, 0.2) is 0 Å². The minimum absolute atomic E-state index is 0.215. The van der Waals surface area contributed by atoms with E-state index < -0.39 is 0 Å². The predicted octanol–water partition coefficient (Wildman–Crippen LogP) is 5.90. The van der Waals surface area contributed by atoms with E-state index in [1.54, 1.807) is 0 Å². The maximum Gasteiger partial charge on any atom is 0.146 e. The van der Waals surface area contributed by atoms with Gasteiger partial charge in [-0.05, 0) is 58.8 Å². The van der Waals surface area contributed by atoms with Gasteiger partial charge in [0.1, 0.15) is 5.82 Å². The molecular formula is C17H24BrClFN. The van der Waals surface area contributed by atoms with E-state index in [0.29, 0.717) is 16.4 Å². The Hall–Kier alpha value is -0.120. The van der Waals surface area contributed by atoms with E-state index in [0.717, 1.165) is 24.9 Å². The summed E-state index contributed by atoms with van der Waals surface area (Å²) in [5, 5.41) is 3.74. The third-order valence-corrected chi connectivity index (χ3v) is 5.67. The van der Waals surface area contributed by atoms with Crippen LogP contribution < -0.4 is 5.32 Å². The van der Waals surface area contributed by atoms with Crippen LogP contribution in [0.4, 0.5) is 4.39 Å². The monoisotopic (exact) mass is 375 g/mol. The Morgan fingerprint density at radius 3 is 2.71 bits per heavy atom. The predicted molar refractivity (Wildman–Crippen MR) is 91.6 cm³/mol. The van der Waals surface area contributed by atoms with Crippen molar-refractivity contribution in [1.82, 2.24) is 5.32 Å². The van der Waals surface area contributed by atoms with Crippen LogP contribution in [0, 0.1) is 11.7 Å². The minimum Gasteiger partial charge on any atom is -0.314 e. The molecule has 1 nitrogen and oxygen atoms in total. The summed E-state index contributed by atoms with van der Waals surface area (Å²) >= 11 is 9.38. The molecular weight excluding hydrogens is 353 g/mol. The molecule has 0 spiro atoms. The van der Waals surface area contributed by atoms with Crippen molar-refractivity contribution >= 4 is 27.5 Å². The van der Waals surface area contributed by atoms with E-state index in [2.05, 4.69) is 35.1 Å². The Morgan fingerprint density at radius 1 is 1.29 bits per heavy atom. The Kier molecular flexibility index (Phi) is 6.51. The lowest BCUT2D eigenvalue weighted by atomic mass is 9.82. The summed E-state index contributed by atoms with van der Waals surface area (Å²) in [5.41, 5.74) is 0.792. The zero-order chi connectivity index (χ0) is 15.4. The van der Waals surface area contributed by atoms with Gasteiger partial charge in [0, 0.05) is 10.5 Å². The molecule has 1 aromatic carbocycles. The molecule has 2 unspecified atom stereocenters. The fourth-order valence-electron chi connectivity index (χ4n) is 3.25. The number of hydrogen-bond acceptors (Lipinski definition) is 1. The van der Waals surface area contributed by atoms with Gasteiger partial charge in [0.25, 0.3) is 0 Å². The molecule has 1 saturated carbocycles. The highest BCUT2D eigenvalue weighted by atomic mass is 79.9. The summed E-state index contributed by atoms with van der Waals surface area (Å²) in [4.78, 5) is 0. The Labute approximate surface area is 140 Å². The molecule has 21 heavy (non-hydrogen) atoms. The molecule has 0 amide bonds. The second-order valence-electron chi connectivity index (χ2n) is 6.33. The van der Waals surface area contributed by atoms with Gasteiger partial charge < -0.3 is 5.32 Å². The first kappa shape index (κ1) is 17.2. The van der Waals surface area contributed by atoms with Crippen LogP contribution in [0.5, 0.6) is 0 Å². The van der Waals surface area contributed by atoms with Crippen LogP contribution in [0.3, 0.4) is 0 Å². The van der Waals surface area contributed by atoms with Gasteiger partial charge in [-0.25, -0.2) is 4.39 Å². The third-order valence-electron chi connectivity index (χ3n) is 4.41. The average molecular weight is 377 g/mol. The van der Waals surface area contributed by atoms with Crippen molar-refractivity contribution in [2.75, 3.05) is 6.54 Å². The lowest BCUT2D eigenvalue weighted by molar-refractivity contribution is 0.355. The van der Waals surface area contributed by atoms with Gasteiger partial charge in [-0.15, -0.1) is 0 Å². The van der Waals surface area contributed by atoms with Crippen LogP contribution in [0.2, 0.25) is 5.02 Å². The van der Waals surface area contributed by atoms with Crippen molar-refractivity contribution in [3.8, 4) is 0 Å². The van der Waals surface area contributed by atoms with Crippen LogP contribution in [-0.2, 0) is 0 Å². The smallest absolute Gasteiger partial charge is 0.146 e. The molecule has 0 radical (unpaired) electrons. The first-order valence-corrected chi connectivity index (χ1v) is 9.04. The molecule has 0 bridgehead atoms. The van der Waals surface area contributed by atoms with Crippen molar-refractivity contribution in [2.45, 2.75) is 57.9 Å². The molecule has 1 aliphatic rings. The first-order chi connectivity index (χ1) is 10.0. The highest BCUT2D eigenvalue weighted by Gasteiger charge is 2.28. The van der Waals surface area contributed by atoms with E-state index in [1.807, 2.05) is 12.1 Å². The standard InChI is InChI=1S/C17H24BrClFN/c1-11(2)21-10-12-6-4-3-5-7-13(12)14-8-9-15(18)16(19)17(14)20/h8-9,11-13,21H,3-7,10H2,1-2H3. The highest BCUT2D eigenvalue weighted by molar-refractivity contribution is 9.10. The fraction of sp³-hybridized carbons (Fsp3) is 0.647. The third kappa shape index (κ3) is 4.43. The summed E-state index contributed by atoms with van der Waals surface area (Å²) in [6.45, 7) is 5.26. The number of rotatable bonds is 4. The zero-order valence-corrected chi connectivity index (χ0v) is 15.1. The van der Waals surface area contributed by atoms with Gasteiger partial charge in [0.2, 0.25) is 0 Å². The number of hydrogen-bond donors (Lipinski definition) is 1. The zero-order valence-electron chi connectivity index (χ0n) is 12.8. The maximum atomic E-state index is 14.6. The summed E-state index contributed by atoms with van der Waals surface area (Å²) in [6.07, 6.45) is 5.89. The molecule has 0 aromatic heterocycles. The normalized spacial score (nSPS) is 23.3. The molecule has 1 fully saturated rings. The van der Waals surface area contributed by atoms with Crippen molar-refractivity contribution < 1.29 is 4.39 Å². The van der Waals surface area contributed by atoms with Crippen molar-refractivity contribution in [3.63, 3.8) is 0 Å². The Balaban J connectivity index is 2.25. The first-order valence-electron chi connectivity index (χ1n) is 7.87. The molecule has 1 aliphatic carbocycles. The van der Waals surface area contributed by atoms with Gasteiger partial charge in [-0.1, -0.05) is 50.8 Å². The lowest BCUT2D eigenvalue weighted by Gasteiger charge is -2.27. The molecule has 1 N–H and O–H groups in total. The van der Waals surface area contributed by atoms with Crippen LogP contribution >= 0.6 is 27.5 Å². The van der Waals surface area contributed by atoms with E-state index in [4.69, 9.17) is 11.6 Å². The van der Waals surface area contributed by atoms with Crippen molar-refractivity contribution in [2.24, 2.45) is 5.92 Å². The van der Waals surface area contributed by atoms with Crippen molar-refractivity contribution in [3.05, 3.63) is 33.0 Å². The number of nitrogens with one attached hydrogen (secondary N) is 1. The van der Waals surface area contributed by atoms with E-state index in [1.165, 1.54) is 19.3 Å². The largest absolute Gasteiger partial charge is 0.314 e. The molecule has 0 aliphatic heterocycles. The molecule has 2 rings (SSSR count). The molecule has 1 aromatic rings. The average Bonchev–Trinajstić information content (AvgIpc) is 2.68. The van der Waals surface area contributed by atoms with Crippen LogP contribution in [0.15, 0.2) is 16.6 Å². The van der Waals surface area contributed by atoms with Gasteiger partial charge in [0.05, 0.1) is 5.02 Å². The second kappa shape index (κ2) is 7.94. The highest BCUT2D eigenvalue weighted by Crippen LogP contribution is 2.40. The Bertz CT molecular complexity index is 478. The van der Waals surface area contributed by atoms with Gasteiger partial charge in [-0.2, -0.15) is 0 Å². The lowest BCUT2D eigenvalue weighted by Crippen LogP contribution is -2.31. The molecule has 0 heterocycles.